The largest absolute Gasteiger partial charge is 0.368 e. The molecule has 2 heterocycles. The molecule has 1 aromatic carbocycles. The number of hydrogen-bond donors (Lipinski definition) is 0. The van der Waals surface area contributed by atoms with Crippen LogP contribution in [0.15, 0.2) is 24.3 Å². The number of carbonyl (C=O) groups excluding carboxylic acids is 2. The second-order valence-corrected chi connectivity index (χ2v) is 6.06. The topological polar surface area (TPSA) is 49.9 Å². The zero-order valence-electron chi connectivity index (χ0n) is 12.3. The molecule has 0 N–H and O–H groups in total. The van der Waals surface area contributed by atoms with Gasteiger partial charge in [-0.2, -0.15) is 0 Å². The van der Waals surface area contributed by atoms with Crippen LogP contribution < -0.4 is 0 Å². The van der Waals surface area contributed by atoms with E-state index < -0.39 is 0 Å². The molecule has 0 bridgehead atoms. The maximum Gasteiger partial charge on any atom is 0.253 e. The molecule has 2 fully saturated rings. The summed E-state index contributed by atoms with van der Waals surface area (Å²) in [6.07, 6.45) is 1.48. The smallest absolute Gasteiger partial charge is 0.253 e. The minimum Gasteiger partial charge on any atom is -0.368 e. The Kier molecular flexibility index (Phi) is 4.64. The number of carbonyl (C=O) groups is 2. The van der Waals surface area contributed by atoms with E-state index in [1.807, 2.05) is 4.90 Å². The Labute approximate surface area is 134 Å². The predicted molar refractivity (Wildman–Crippen MR) is 82.9 cm³/mol. The second kappa shape index (κ2) is 6.67. The number of hydrogen-bond acceptors (Lipinski definition) is 3. The van der Waals surface area contributed by atoms with E-state index in [2.05, 4.69) is 0 Å². The van der Waals surface area contributed by atoms with Crippen molar-refractivity contribution in [3.05, 3.63) is 34.9 Å². The standard InChI is InChI=1S/C16H19ClN2O3/c17-13-5-3-12(4-6-13)15(20)18-7-9-19(10-8-18)16(21)14-2-1-11-22-14/h3-6,14H,1-2,7-11H2. The van der Waals surface area contributed by atoms with Crippen LogP contribution in [0.2, 0.25) is 5.02 Å². The highest BCUT2D eigenvalue weighted by molar-refractivity contribution is 6.30. The van der Waals surface area contributed by atoms with Crippen molar-refractivity contribution >= 4 is 23.4 Å². The molecule has 6 heteroatoms. The third-order valence-electron chi connectivity index (χ3n) is 4.17. The summed E-state index contributed by atoms with van der Waals surface area (Å²) in [7, 11) is 0. The average molecular weight is 323 g/mol. The van der Waals surface area contributed by atoms with Gasteiger partial charge in [-0.15, -0.1) is 0 Å². The normalized spacial score (nSPS) is 22.0. The van der Waals surface area contributed by atoms with E-state index in [1.54, 1.807) is 29.2 Å². The molecule has 2 amide bonds. The van der Waals surface area contributed by atoms with Gasteiger partial charge in [-0.1, -0.05) is 11.6 Å². The Morgan fingerprint density at radius 1 is 1.05 bits per heavy atom. The summed E-state index contributed by atoms with van der Waals surface area (Å²) >= 11 is 5.84. The lowest BCUT2D eigenvalue weighted by Crippen LogP contribution is -2.52. The summed E-state index contributed by atoms with van der Waals surface area (Å²) in [5, 5.41) is 0.614. The molecule has 2 saturated heterocycles. The molecule has 22 heavy (non-hydrogen) atoms. The first kappa shape index (κ1) is 15.3. The molecule has 2 aliphatic heterocycles. The van der Waals surface area contributed by atoms with Gasteiger partial charge in [0.05, 0.1) is 0 Å². The van der Waals surface area contributed by atoms with Gasteiger partial charge in [0.15, 0.2) is 0 Å². The van der Waals surface area contributed by atoms with Crippen LogP contribution in [0.3, 0.4) is 0 Å². The molecular weight excluding hydrogens is 304 g/mol. The van der Waals surface area contributed by atoms with Crippen molar-refractivity contribution in [1.82, 2.24) is 9.80 Å². The number of halogens is 1. The fraction of sp³-hybridized carbons (Fsp3) is 0.500. The monoisotopic (exact) mass is 322 g/mol. The minimum atomic E-state index is -0.279. The van der Waals surface area contributed by atoms with Gasteiger partial charge in [0.1, 0.15) is 6.10 Å². The zero-order valence-corrected chi connectivity index (χ0v) is 13.1. The van der Waals surface area contributed by atoms with Crippen LogP contribution in [0.25, 0.3) is 0 Å². The lowest BCUT2D eigenvalue weighted by atomic mass is 10.1. The highest BCUT2D eigenvalue weighted by Gasteiger charge is 2.31. The fourth-order valence-corrected chi connectivity index (χ4v) is 3.01. The van der Waals surface area contributed by atoms with Crippen molar-refractivity contribution in [3.63, 3.8) is 0 Å². The van der Waals surface area contributed by atoms with Crippen molar-refractivity contribution in [1.29, 1.82) is 0 Å². The Morgan fingerprint density at radius 2 is 1.68 bits per heavy atom. The van der Waals surface area contributed by atoms with Gasteiger partial charge in [0, 0.05) is 43.4 Å². The van der Waals surface area contributed by atoms with E-state index in [0.717, 1.165) is 12.8 Å². The number of benzene rings is 1. The lowest BCUT2D eigenvalue weighted by Gasteiger charge is -2.35. The zero-order chi connectivity index (χ0) is 15.5. The SMILES string of the molecule is O=C(c1ccc(Cl)cc1)N1CCN(C(=O)C2CCCO2)CC1. The molecular formula is C16H19ClN2O3. The van der Waals surface area contributed by atoms with Crippen LogP contribution in [0.4, 0.5) is 0 Å². The fourth-order valence-electron chi connectivity index (χ4n) is 2.88. The molecule has 2 aliphatic rings. The van der Waals surface area contributed by atoms with Crippen LogP contribution in [0, 0.1) is 0 Å². The van der Waals surface area contributed by atoms with Crippen LogP contribution in [-0.2, 0) is 9.53 Å². The third-order valence-corrected chi connectivity index (χ3v) is 4.43. The Hall–Kier alpha value is -1.59. The first-order valence-corrected chi connectivity index (χ1v) is 7.98. The summed E-state index contributed by atoms with van der Waals surface area (Å²) in [4.78, 5) is 28.3. The molecule has 1 unspecified atom stereocenters. The molecule has 118 valence electrons. The average Bonchev–Trinajstić information content (AvgIpc) is 3.09. The number of rotatable bonds is 2. The Bertz CT molecular complexity index is 547. The first-order chi connectivity index (χ1) is 10.6. The summed E-state index contributed by atoms with van der Waals surface area (Å²) < 4.78 is 5.44. The van der Waals surface area contributed by atoms with Crippen molar-refractivity contribution in [2.24, 2.45) is 0 Å². The van der Waals surface area contributed by atoms with E-state index in [0.29, 0.717) is 43.4 Å². The highest BCUT2D eigenvalue weighted by atomic mass is 35.5. The van der Waals surface area contributed by atoms with Gasteiger partial charge in [-0.05, 0) is 37.1 Å². The lowest BCUT2D eigenvalue weighted by molar-refractivity contribution is -0.142. The van der Waals surface area contributed by atoms with Crippen molar-refractivity contribution in [2.45, 2.75) is 18.9 Å². The third kappa shape index (κ3) is 3.25. The molecule has 0 aliphatic carbocycles. The Balaban J connectivity index is 1.56. The van der Waals surface area contributed by atoms with Gasteiger partial charge in [-0.3, -0.25) is 9.59 Å². The van der Waals surface area contributed by atoms with E-state index in [-0.39, 0.29) is 17.9 Å². The molecule has 1 aromatic rings. The van der Waals surface area contributed by atoms with E-state index in [1.165, 1.54) is 0 Å². The molecule has 0 aromatic heterocycles. The molecule has 0 radical (unpaired) electrons. The van der Waals surface area contributed by atoms with E-state index in [9.17, 15) is 9.59 Å². The van der Waals surface area contributed by atoms with Crippen LogP contribution in [0.1, 0.15) is 23.2 Å². The number of nitrogens with zero attached hydrogens (tertiary/aromatic N) is 2. The molecule has 1 atom stereocenters. The van der Waals surface area contributed by atoms with E-state index >= 15 is 0 Å². The quantitative estimate of drug-likeness (QED) is 0.834. The molecule has 3 rings (SSSR count). The van der Waals surface area contributed by atoms with Gasteiger partial charge in [-0.25, -0.2) is 0 Å². The number of ether oxygens (including phenoxy) is 1. The van der Waals surface area contributed by atoms with Crippen LogP contribution in [0.5, 0.6) is 0 Å². The van der Waals surface area contributed by atoms with Crippen molar-refractivity contribution < 1.29 is 14.3 Å². The summed E-state index contributed by atoms with van der Waals surface area (Å²) in [6.45, 7) is 2.92. The van der Waals surface area contributed by atoms with Crippen LogP contribution >= 0.6 is 11.6 Å². The highest BCUT2D eigenvalue weighted by Crippen LogP contribution is 2.17. The number of piperazine rings is 1. The van der Waals surface area contributed by atoms with Crippen molar-refractivity contribution in [3.8, 4) is 0 Å². The summed E-state index contributed by atoms with van der Waals surface area (Å²) in [5.41, 5.74) is 0.628. The van der Waals surface area contributed by atoms with Gasteiger partial charge >= 0.3 is 0 Å². The van der Waals surface area contributed by atoms with Gasteiger partial charge < -0.3 is 14.5 Å². The summed E-state index contributed by atoms with van der Waals surface area (Å²) in [5.74, 6) is 0.0528. The van der Waals surface area contributed by atoms with E-state index in [4.69, 9.17) is 16.3 Å². The van der Waals surface area contributed by atoms with Gasteiger partial charge in [0.2, 0.25) is 0 Å². The van der Waals surface area contributed by atoms with Crippen molar-refractivity contribution in [2.75, 3.05) is 32.8 Å². The van der Waals surface area contributed by atoms with Crippen LogP contribution in [-0.4, -0.2) is 60.5 Å². The maximum absolute atomic E-state index is 12.4. The Morgan fingerprint density at radius 3 is 2.27 bits per heavy atom. The first-order valence-electron chi connectivity index (χ1n) is 7.60. The molecule has 5 nitrogen and oxygen atoms in total. The number of amides is 2. The molecule has 0 spiro atoms. The molecule has 0 saturated carbocycles. The van der Waals surface area contributed by atoms with Gasteiger partial charge in [0.25, 0.3) is 11.8 Å². The maximum atomic E-state index is 12.4. The second-order valence-electron chi connectivity index (χ2n) is 5.63. The summed E-state index contributed by atoms with van der Waals surface area (Å²) in [6, 6.07) is 6.89. The minimum absolute atomic E-state index is 0.0131. The predicted octanol–water partition coefficient (Wildman–Crippen LogP) is 1.80.